The first-order chi connectivity index (χ1) is 9.72. The zero-order chi connectivity index (χ0) is 14.4. The molecule has 1 amide bonds. The van der Waals surface area contributed by atoms with E-state index < -0.39 is 0 Å². The molecule has 5 heteroatoms. The van der Waals surface area contributed by atoms with Crippen LogP contribution in [0.15, 0.2) is 22.8 Å². The van der Waals surface area contributed by atoms with Crippen molar-refractivity contribution in [3.05, 3.63) is 24.2 Å². The topological polar surface area (TPSA) is 57.5 Å². The molecule has 2 heterocycles. The summed E-state index contributed by atoms with van der Waals surface area (Å²) in [6, 6.07) is 4.11. The van der Waals surface area contributed by atoms with E-state index in [0.29, 0.717) is 12.6 Å². The Kier molecular flexibility index (Phi) is 5.61. The molecule has 2 N–H and O–H groups in total. The number of carbonyl (C=O) groups is 1. The molecule has 20 heavy (non-hydrogen) atoms. The van der Waals surface area contributed by atoms with Gasteiger partial charge in [-0.1, -0.05) is 6.92 Å². The highest BCUT2D eigenvalue weighted by Crippen LogP contribution is 2.15. The number of rotatable bonds is 6. The average Bonchev–Trinajstić information content (AvgIpc) is 3.00. The molecule has 0 aromatic carbocycles. The van der Waals surface area contributed by atoms with Crippen LogP contribution in [0.4, 0.5) is 0 Å². The van der Waals surface area contributed by atoms with Crippen molar-refractivity contribution in [2.24, 2.45) is 0 Å². The third-order valence-corrected chi connectivity index (χ3v) is 4.04. The third-order valence-electron chi connectivity index (χ3n) is 4.04. The Balaban J connectivity index is 1.86. The summed E-state index contributed by atoms with van der Waals surface area (Å²) in [7, 11) is 0. The van der Waals surface area contributed by atoms with Crippen LogP contribution in [0.5, 0.6) is 0 Å². The molecule has 0 aliphatic carbocycles. The van der Waals surface area contributed by atoms with E-state index in [2.05, 4.69) is 22.5 Å². The highest BCUT2D eigenvalue weighted by atomic mass is 16.3. The quantitative estimate of drug-likeness (QED) is 0.825. The molecule has 0 saturated carbocycles. The Labute approximate surface area is 120 Å². The van der Waals surface area contributed by atoms with E-state index in [0.717, 1.165) is 38.2 Å². The minimum Gasteiger partial charge on any atom is -0.467 e. The number of nitrogens with one attached hydrogen (secondary N) is 2. The fourth-order valence-electron chi connectivity index (χ4n) is 2.87. The number of furan rings is 1. The van der Waals surface area contributed by atoms with Gasteiger partial charge in [-0.25, -0.2) is 0 Å². The minimum absolute atomic E-state index is 0.0711. The minimum atomic E-state index is -0.0990. The normalized spacial score (nSPS) is 18.1. The Bertz CT molecular complexity index is 399. The van der Waals surface area contributed by atoms with Crippen LogP contribution < -0.4 is 10.6 Å². The lowest BCUT2D eigenvalue weighted by Gasteiger charge is -2.37. The molecule has 1 aliphatic rings. The lowest BCUT2D eigenvalue weighted by atomic mass is 10.0. The standard InChI is InChI=1S/C15H25N3O2/c1-3-18(13-6-8-16-9-7-13)12(2)15(19)17-11-14-5-4-10-20-14/h4-5,10,12-13,16H,3,6-9,11H2,1-2H3,(H,17,19). The molecule has 1 saturated heterocycles. The SMILES string of the molecule is CCN(C1CCNCC1)C(C)C(=O)NCc1ccco1. The second-order valence-electron chi connectivity index (χ2n) is 5.28. The van der Waals surface area contributed by atoms with Gasteiger partial charge in [-0.2, -0.15) is 0 Å². The summed E-state index contributed by atoms with van der Waals surface area (Å²) in [5.74, 6) is 0.859. The summed E-state index contributed by atoms with van der Waals surface area (Å²) < 4.78 is 5.23. The maximum Gasteiger partial charge on any atom is 0.237 e. The molecule has 112 valence electrons. The van der Waals surface area contributed by atoms with E-state index in [-0.39, 0.29) is 11.9 Å². The van der Waals surface area contributed by atoms with E-state index in [1.54, 1.807) is 6.26 Å². The highest BCUT2D eigenvalue weighted by molar-refractivity contribution is 5.81. The van der Waals surface area contributed by atoms with Gasteiger partial charge in [0.15, 0.2) is 0 Å². The maximum absolute atomic E-state index is 12.3. The first-order valence-corrected chi connectivity index (χ1v) is 7.49. The zero-order valence-electron chi connectivity index (χ0n) is 12.4. The summed E-state index contributed by atoms with van der Waals surface area (Å²) >= 11 is 0. The van der Waals surface area contributed by atoms with Crippen molar-refractivity contribution >= 4 is 5.91 Å². The molecule has 0 bridgehead atoms. The van der Waals surface area contributed by atoms with Crippen molar-refractivity contribution < 1.29 is 9.21 Å². The van der Waals surface area contributed by atoms with E-state index in [4.69, 9.17) is 4.42 Å². The van der Waals surface area contributed by atoms with E-state index in [1.807, 2.05) is 19.1 Å². The van der Waals surface area contributed by atoms with Crippen LogP contribution in [0.3, 0.4) is 0 Å². The van der Waals surface area contributed by atoms with Crippen molar-refractivity contribution in [1.29, 1.82) is 0 Å². The molecule has 1 aromatic rings. The Hall–Kier alpha value is -1.33. The molecule has 0 radical (unpaired) electrons. The number of likely N-dealkylation sites (N-methyl/N-ethyl adjacent to an activating group) is 1. The van der Waals surface area contributed by atoms with Crippen LogP contribution in [0, 0.1) is 0 Å². The van der Waals surface area contributed by atoms with Gasteiger partial charge in [-0.15, -0.1) is 0 Å². The molecule has 1 aromatic heterocycles. The maximum atomic E-state index is 12.3. The monoisotopic (exact) mass is 279 g/mol. The van der Waals surface area contributed by atoms with Crippen LogP contribution in [0.1, 0.15) is 32.4 Å². The summed E-state index contributed by atoms with van der Waals surface area (Å²) in [4.78, 5) is 14.6. The van der Waals surface area contributed by atoms with Gasteiger partial charge in [0.25, 0.3) is 0 Å². The van der Waals surface area contributed by atoms with Gasteiger partial charge < -0.3 is 15.1 Å². The molecule has 1 unspecified atom stereocenters. The van der Waals surface area contributed by atoms with Crippen molar-refractivity contribution in [3.8, 4) is 0 Å². The fourth-order valence-corrected chi connectivity index (χ4v) is 2.87. The Morgan fingerprint density at radius 2 is 2.30 bits per heavy atom. The Morgan fingerprint density at radius 3 is 2.90 bits per heavy atom. The van der Waals surface area contributed by atoms with Crippen molar-refractivity contribution in [3.63, 3.8) is 0 Å². The van der Waals surface area contributed by atoms with Crippen molar-refractivity contribution in [1.82, 2.24) is 15.5 Å². The number of carbonyl (C=O) groups excluding carboxylic acids is 1. The average molecular weight is 279 g/mol. The molecule has 1 atom stereocenters. The smallest absolute Gasteiger partial charge is 0.237 e. The number of piperidine rings is 1. The molecule has 2 rings (SSSR count). The summed E-state index contributed by atoms with van der Waals surface area (Å²) in [6.45, 7) is 7.56. The number of nitrogens with zero attached hydrogens (tertiary/aromatic N) is 1. The predicted octanol–water partition coefficient (Wildman–Crippen LogP) is 1.36. The van der Waals surface area contributed by atoms with E-state index in [9.17, 15) is 4.79 Å². The van der Waals surface area contributed by atoms with Gasteiger partial charge in [0.2, 0.25) is 5.91 Å². The fraction of sp³-hybridized carbons (Fsp3) is 0.667. The van der Waals surface area contributed by atoms with Crippen molar-refractivity contribution in [2.75, 3.05) is 19.6 Å². The van der Waals surface area contributed by atoms with Gasteiger partial charge in [-0.3, -0.25) is 9.69 Å². The lowest BCUT2D eigenvalue weighted by molar-refractivity contribution is -0.127. The predicted molar refractivity (Wildman–Crippen MR) is 78.3 cm³/mol. The summed E-state index contributed by atoms with van der Waals surface area (Å²) in [5, 5.41) is 6.31. The number of hydrogen-bond acceptors (Lipinski definition) is 4. The first-order valence-electron chi connectivity index (χ1n) is 7.49. The van der Waals surface area contributed by atoms with Crippen LogP contribution in [0.2, 0.25) is 0 Å². The van der Waals surface area contributed by atoms with Crippen molar-refractivity contribution in [2.45, 2.75) is 45.3 Å². The molecular weight excluding hydrogens is 254 g/mol. The van der Waals surface area contributed by atoms with E-state index in [1.165, 1.54) is 0 Å². The zero-order valence-corrected chi connectivity index (χ0v) is 12.4. The van der Waals surface area contributed by atoms with Gasteiger partial charge in [0.05, 0.1) is 18.8 Å². The lowest BCUT2D eigenvalue weighted by Crippen LogP contribution is -2.52. The Morgan fingerprint density at radius 1 is 1.55 bits per heavy atom. The van der Waals surface area contributed by atoms with Crippen LogP contribution in [0.25, 0.3) is 0 Å². The van der Waals surface area contributed by atoms with Crippen LogP contribution >= 0.6 is 0 Å². The second-order valence-corrected chi connectivity index (χ2v) is 5.28. The molecule has 0 spiro atoms. The van der Waals surface area contributed by atoms with Gasteiger partial charge in [0.1, 0.15) is 5.76 Å². The first kappa shape index (κ1) is 15.1. The van der Waals surface area contributed by atoms with Gasteiger partial charge >= 0.3 is 0 Å². The van der Waals surface area contributed by atoms with E-state index >= 15 is 0 Å². The molecule has 5 nitrogen and oxygen atoms in total. The highest BCUT2D eigenvalue weighted by Gasteiger charge is 2.27. The number of amides is 1. The largest absolute Gasteiger partial charge is 0.467 e. The summed E-state index contributed by atoms with van der Waals surface area (Å²) in [6.07, 6.45) is 3.85. The molecule has 1 fully saturated rings. The van der Waals surface area contributed by atoms with Crippen LogP contribution in [-0.4, -0.2) is 42.5 Å². The number of hydrogen-bond donors (Lipinski definition) is 2. The molecular formula is C15H25N3O2. The van der Waals surface area contributed by atoms with Gasteiger partial charge in [0, 0.05) is 6.04 Å². The summed E-state index contributed by atoms with van der Waals surface area (Å²) in [5.41, 5.74) is 0. The van der Waals surface area contributed by atoms with Gasteiger partial charge in [-0.05, 0) is 51.5 Å². The second kappa shape index (κ2) is 7.45. The third kappa shape index (κ3) is 3.84. The van der Waals surface area contributed by atoms with Crippen LogP contribution in [-0.2, 0) is 11.3 Å². The molecule has 1 aliphatic heterocycles.